The fraction of sp³-hybridized carbons (Fsp3) is 0.417. The minimum Gasteiger partial charge on any atom is -0.482 e. The third-order valence-electron chi connectivity index (χ3n) is 2.71. The molecule has 7 heteroatoms. The Labute approximate surface area is 122 Å². The first-order valence-electron chi connectivity index (χ1n) is 5.73. The Morgan fingerprint density at radius 1 is 1.42 bits per heavy atom. The number of piperazine rings is 1. The largest absolute Gasteiger partial charge is 0.482 e. The molecule has 1 heterocycles. The molecule has 106 valence electrons. The van der Waals surface area contributed by atoms with E-state index >= 15 is 0 Å². The van der Waals surface area contributed by atoms with Gasteiger partial charge in [-0.1, -0.05) is 11.6 Å². The maximum Gasteiger partial charge on any atom is 0.260 e. The minimum absolute atomic E-state index is 0. The second-order valence-electron chi connectivity index (χ2n) is 3.99. The lowest BCUT2D eigenvalue weighted by Gasteiger charge is -2.27. The topological polar surface area (TPSA) is 41.6 Å². The van der Waals surface area contributed by atoms with Gasteiger partial charge in [0.2, 0.25) is 0 Å². The average molecular weight is 309 g/mol. The van der Waals surface area contributed by atoms with E-state index in [9.17, 15) is 9.18 Å². The minimum atomic E-state index is -0.430. The van der Waals surface area contributed by atoms with Crippen molar-refractivity contribution in [2.24, 2.45) is 0 Å². The molecule has 0 radical (unpaired) electrons. The molecule has 0 bridgehead atoms. The summed E-state index contributed by atoms with van der Waals surface area (Å²) in [6.07, 6.45) is 0. The van der Waals surface area contributed by atoms with E-state index in [0.717, 1.165) is 19.2 Å². The second kappa shape index (κ2) is 7.53. The number of benzene rings is 1. The molecule has 1 aliphatic rings. The molecule has 1 N–H and O–H groups in total. The lowest BCUT2D eigenvalue weighted by molar-refractivity contribution is -0.133. The predicted molar refractivity (Wildman–Crippen MR) is 73.6 cm³/mol. The number of ether oxygens (including phenoxy) is 1. The fourth-order valence-electron chi connectivity index (χ4n) is 1.74. The molecular weight excluding hydrogens is 294 g/mol. The summed E-state index contributed by atoms with van der Waals surface area (Å²) in [6.45, 7) is 2.87. The summed E-state index contributed by atoms with van der Waals surface area (Å²) in [5.74, 6) is -0.195. The molecule has 0 aromatic heterocycles. The van der Waals surface area contributed by atoms with Crippen LogP contribution in [-0.2, 0) is 4.79 Å². The Bertz CT molecular complexity index is 440. The highest BCUT2D eigenvalue weighted by atomic mass is 35.5. The van der Waals surface area contributed by atoms with Crippen molar-refractivity contribution in [3.63, 3.8) is 0 Å². The number of hydrogen-bond acceptors (Lipinski definition) is 3. The summed E-state index contributed by atoms with van der Waals surface area (Å²) < 4.78 is 18.1. The van der Waals surface area contributed by atoms with E-state index in [-0.39, 0.29) is 29.9 Å². The first-order chi connectivity index (χ1) is 8.66. The third kappa shape index (κ3) is 4.53. The zero-order valence-corrected chi connectivity index (χ0v) is 11.8. The summed E-state index contributed by atoms with van der Waals surface area (Å²) in [4.78, 5) is 13.5. The molecular formula is C12H15Cl2FN2O2. The van der Waals surface area contributed by atoms with Gasteiger partial charge in [-0.15, -0.1) is 12.4 Å². The summed E-state index contributed by atoms with van der Waals surface area (Å²) in [6, 6.07) is 3.82. The van der Waals surface area contributed by atoms with Crippen LogP contribution in [0.5, 0.6) is 5.75 Å². The van der Waals surface area contributed by atoms with Crippen LogP contribution in [0.1, 0.15) is 0 Å². The van der Waals surface area contributed by atoms with Crippen molar-refractivity contribution in [3.8, 4) is 5.75 Å². The van der Waals surface area contributed by atoms with Crippen LogP contribution in [-0.4, -0.2) is 43.6 Å². The van der Waals surface area contributed by atoms with Gasteiger partial charge in [0.1, 0.15) is 11.6 Å². The summed E-state index contributed by atoms with van der Waals surface area (Å²) in [7, 11) is 0. The normalized spacial score (nSPS) is 14.7. The van der Waals surface area contributed by atoms with E-state index in [0.29, 0.717) is 18.8 Å². The smallest absolute Gasteiger partial charge is 0.260 e. The molecule has 1 aromatic carbocycles. The van der Waals surface area contributed by atoms with E-state index in [1.807, 2.05) is 0 Å². The average Bonchev–Trinajstić information content (AvgIpc) is 2.38. The number of amides is 1. The molecule has 1 aromatic rings. The van der Waals surface area contributed by atoms with Crippen LogP contribution in [0.2, 0.25) is 5.02 Å². The summed E-state index contributed by atoms with van der Waals surface area (Å²) >= 11 is 5.80. The van der Waals surface area contributed by atoms with Crippen LogP contribution in [0.3, 0.4) is 0 Å². The van der Waals surface area contributed by atoms with Gasteiger partial charge in [0.05, 0.1) is 5.02 Å². The van der Waals surface area contributed by atoms with Crippen LogP contribution >= 0.6 is 24.0 Å². The van der Waals surface area contributed by atoms with E-state index in [1.165, 1.54) is 12.1 Å². The fourth-order valence-corrected chi connectivity index (χ4v) is 1.96. The Kier molecular flexibility index (Phi) is 6.34. The Balaban J connectivity index is 0.00000180. The van der Waals surface area contributed by atoms with Crippen molar-refractivity contribution in [2.75, 3.05) is 32.8 Å². The summed E-state index contributed by atoms with van der Waals surface area (Å²) in [5.41, 5.74) is 0. The molecule has 0 atom stereocenters. The molecule has 2 rings (SSSR count). The number of hydrogen-bond donors (Lipinski definition) is 1. The molecule has 0 aliphatic carbocycles. The maximum atomic E-state index is 12.8. The van der Waals surface area contributed by atoms with Gasteiger partial charge in [0.25, 0.3) is 5.91 Å². The highest BCUT2D eigenvalue weighted by Gasteiger charge is 2.16. The first-order valence-corrected chi connectivity index (χ1v) is 6.11. The molecule has 19 heavy (non-hydrogen) atoms. The zero-order valence-electron chi connectivity index (χ0n) is 10.2. The van der Waals surface area contributed by atoms with Gasteiger partial charge < -0.3 is 15.0 Å². The van der Waals surface area contributed by atoms with Gasteiger partial charge in [-0.25, -0.2) is 4.39 Å². The molecule has 1 fully saturated rings. The van der Waals surface area contributed by atoms with Gasteiger partial charge in [-0.2, -0.15) is 0 Å². The number of carbonyl (C=O) groups excluding carboxylic acids is 1. The monoisotopic (exact) mass is 308 g/mol. The van der Waals surface area contributed by atoms with Crippen molar-refractivity contribution < 1.29 is 13.9 Å². The van der Waals surface area contributed by atoms with Crippen molar-refractivity contribution in [3.05, 3.63) is 29.0 Å². The van der Waals surface area contributed by atoms with Gasteiger partial charge >= 0.3 is 0 Å². The SMILES string of the molecule is Cl.O=C(COc1ccc(F)cc1Cl)N1CCNCC1. The maximum absolute atomic E-state index is 12.8. The van der Waals surface area contributed by atoms with E-state index in [4.69, 9.17) is 16.3 Å². The van der Waals surface area contributed by atoms with Crippen molar-refractivity contribution in [2.45, 2.75) is 0 Å². The molecule has 0 unspecified atom stereocenters. The van der Waals surface area contributed by atoms with Crippen LogP contribution in [0.25, 0.3) is 0 Å². The van der Waals surface area contributed by atoms with Gasteiger partial charge in [-0.05, 0) is 18.2 Å². The Hall–Kier alpha value is -1.04. The number of halogens is 3. The Morgan fingerprint density at radius 2 is 2.11 bits per heavy atom. The Morgan fingerprint density at radius 3 is 2.74 bits per heavy atom. The number of nitrogens with zero attached hydrogens (tertiary/aromatic N) is 1. The van der Waals surface area contributed by atoms with Gasteiger partial charge in [0, 0.05) is 26.2 Å². The number of rotatable bonds is 3. The second-order valence-corrected chi connectivity index (χ2v) is 4.40. The molecule has 0 spiro atoms. The zero-order chi connectivity index (χ0) is 13.0. The van der Waals surface area contributed by atoms with E-state index < -0.39 is 5.82 Å². The quantitative estimate of drug-likeness (QED) is 0.924. The van der Waals surface area contributed by atoms with Crippen molar-refractivity contribution >= 4 is 29.9 Å². The molecule has 4 nitrogen and oxygen atoms in total. The van der Waals surface area contributed by atoms with Crippen LogP contribution in [0.15, 0.2) is 18.2 Å². The van der Waals surface area contributed by atoms with Crippen LogP contribution in [0.4, 0.5) is 4.39 Å². The summed E-state index contributed by atoms with van der Waals surface area (Å²) in [5, 5.41) is 3.33. The standard InChI is InChI=1S/C12H14ClFN2O2.ClH/c13-10-7-9(14)1-2-11(10)18-8-12(17)16-5-3-15-4-6-16;/h1-2,7,15H,3-6,8H2;1H. The highest BCUT2D eigenvalue weighted by Crippen LogP contribution is 2.24. The first kappa shape index (κ1) is 16.0. The highest BCUT2D eigenvalue weighted by molar-refractivity contribution is 6.32. The molecule has 0 saturated carbocycles. The number of nitrogens with one attached hydrogen (secondary N) is 1. The van der Waals surface area contributed by atoms with Crippen molar-refractivity contribution in [1.82, 2.24) is 10.2 Å². The van der Waals surface area contributed by atoms with E-state index in [1.54, 1.807) is 4.90 Å². The molecule has 1 aliphatic heterocycles. The van der Waals surface area contributed by atoms with Crippen LogP contribution < -0.4 is 10.1 Å². The van der Waals surface area contributed by atoms with Crippen LogP contribution in [0, 0.1) is 5.82 Å². The third-order valence-corrected chi connectivity index (χ3v) is 3.01. The lowest BCUT2D eigenvalue weighted by atomic mass is 10.3. The lowest BCUT2D eigenvalue weighted by Crippen LogP contribution is -2.47. The molecule has 1 amide bonds. The van der Waals surface area contributed by atoms with Crippen molar-refractivity contribution in [1.29, 1.82) is 0 Å². The predicted octanol–water partition coefficient (Wildman–Crippen LogP) is 1.71. The number of carbonyl (C=O) groups is 1. The van der Waals surface area contributed by atoms with E-state index in [2.05, 4.69) is 5.32 Å². The molecule has 1 saturated heterocycles. The van der Waals surface area contributed by atoms with Gasteiger partial charge in [0.15, 0.2) is 6.61 Å². The van der Waals surface area contributed by atoms with Gasteiger partial charge in [-0.3, -0.25) is 4.79 Å².